The number of rotatable bonds is 6. The highest BCUT2D eigenvalue weighted by Gasteiger charge is 2.26. The molecule has 0 aromatic heterocycles. The van der Waals surface area contributed by atoms with Gasteiger partial charge in [0.05, 0.1) is 25.3 Å². The van der Waals surface area contributed by atoms with Gasteiger partial charge in [-0.05, 0) is 13.5 Å². The van der Waals surface area contributed by atoms with Crippen LogP contribution < -0.4 is 0 Å². The van der Waals surface area contributed by atoms with E-state index in [-0.39, 0.29) is 17.9 Å². The third-order valence-corrected chi connectivity index (χ3v) is 3.46. The molecule has 0 aliphatic carbocycles. The van der Waals surface area contributed by atoms with Gasteiger partial charge in [0.2, 0.25) is 5.91 Å². The minimum Gasteiger partial charge on any atom is -0.378 e. The van der Waals surface area contributed by atoms with E-state index in [2.05, 4.69) is 11.0 Å². The number of nitriles is 1. The van der Waals surface area contributed by atoms with Crippen molar-refractivity contribution in [2.45, 2.75) is 32.4 Å². The Morgan fingerprint density at radius 3 is 2.44 bits per heavy atom. The average molecular weight is 253 g/mol. The van der Waals surface area contributed by atoms with Crippen LogP contribution in [-0.4, -0.2) is 61.6 Å². The summed E-state index contributed by atoms with van der Waals surface area (Å²) in [6, 6.07) is 2.34. The first-order valence-corrected chi connectivity index (χ1v) is 6.41. The lowest BCUT2D eigenvalue weighted by Gasteiger charge is -2.35. The van der Waals surface area contributed by atoms with Gasteiger partial charge in [-0.1, -0.05) is 13.8 Å². The zero-order valence-corrected chi connectivity index (χ0v) is 11.7. The monoisotopic (exact) mass is 253 g/mol. The molecule has 0 saturated carbocycles. The number of nitrogens with zero attached hydrogens (tertiary/aromatic N) is 3. The van der Waals surface area contributed by atoms with E-state index >= 15 is 0 Å². The van der Waals surface area contributed by atoms with E-state index in [0.29, 0.717) is 12.5 Å². The Morgan fingerprint density at radius 2 is 2.06 bits per heavy atom. The highest BCUT2D eigenvalue weighted by atomic mass is 16.5. The lowest BCUT2D eigenvalue weighted by atomic mass is 10.1. The summed E-state index contributed by atoms with van der Waals surface area (Å²) in [7, 11) is 3.74. The third-order valence-electron chi connectivity index (χ3n) is 3.46. The molecule has 102 valence electrons. The second-order valence-electron chi connectivity index (χ2n) is 5.21. The first-order chi connectivity index (χ1) is 8.47. The number of hydrogen-bond donors (Lipinski definition) is 0. The van der Waals surface area contributed by atoms with E-state index in [1.165, 1.54) is 0 Å². The summed E-state index contributed by atoms with van der Waals surface area (Å²) in [6.07, 6.45) is 0.679. The minimum atomic E-state index is -0.344. The Kier molecular flexibility index (Phi) is 5.57. The Hall–Kier alpha value is -1.12. The Balaban J connectivity index is 2.41. The minimum absolute atomic E-state index is 0.0242. The number of amides is 1. The number of ether oxygens (including phenoxy) is 1. The van der Waals surface area contributed by atoms with Crippen LogP contribution in [0.5, 0.6) is 0 Å². The Bertz CT molecular complexity index is 321. The molecule has 0 aromatic rings. The van der Waals surface area contributed by atoms with Gasteiger partial charge in [-0.15, -0.1) is 0 Å². The Morgan fingerprint density at radius 1 is 1.44 bits per heavy atom. The van der Waals surface area contributed by atoms with Crippen molar-refractivity contribution >= 4 is 5.91 Å². The van der Waals surface area contributed by atoms with Crippen LogP contribution >= 0.6 is 0 Å². The van der Waals surface area contributed by atoms with Gasteiger partial charge in [0, 0.05) is 19.5 Å². The molecule has 1 fully saturated rings. The van der Waals surface area contributed by atoms with Gasteiger partial charge in [-0.2, -0.15) is 5.26 Å². The van der Waals surface area contributed by atoms with Gasteiger partial charge < -0.3 is 9.64 Å². The smallest absolute Gasteiger partial charge is 0.225 e. The van der Waals surface area contributed by atoms with Gasteiger partial charge >= 0.3 is 0 Å². The van der Waals surface area contributed by atoms with Gasteiger partial charge in [0.1, 0.15) is 6.04 Å². The van der Waals surface area contributed by atoms with E-state index in [9.17, 15) is 4.79 Å². The van der Waals surface area contributed by atoms with Crippen LogP contribution in [0.2, 0.25) is 0 Å². The molecule has 1 saturated heterocycles. The lowest BCUT2D eigenvalue weighted by molar-refractivity contribution is -0.134. The SMILES string of the molecule is CC(C)C(=O)N(C)C(C#N)CCN(C)C1COC1. The molecule has 1 aliphatic rings. The molecule has 18 heavy (non-hydrogen) atoms. The van der Waals surface area contributed by atoms with Gasteiger partial charge in [0.25, 0.3) is 0 Å². The normalized spacial score (nSPS) is 17.4. The van der Waals surface area contributed by atoms with Crippen molar-refractivity contribution in [3.05, 3.63) is 0 Å². The number of carbonyl (C=O) groups excluding carboxylic acids is 1. The molecule has 1 amide bonds. The molecule has 1 rings (SSSR count). The standard InChI is InChI=1S/C13H23N3O2/c1-10(2)13(17)16(4)11(7-14)5-6-15(3)12-8-18-9-12/h10-12H,5-6,8-9H2,1-4H3. The fourth-order valence-corrected chi connectivity index (χ4v) is 1.89. The van der Waals surface area contributed by atoms with Crippen LogP contribution in [0.4, 0.5) is 0 Å². The summed E-state index contributed by atoms with van der Waals surface area (Å²) in [5.74, 6) is -0.0419. The summed E-state index contributed by atoms with van der Waals surface area (Å²) < 4.78 is 5.14. The Labute approximate surface area is 109 Å². The molecule has 0 radical (unpaired) electrons. The number of likely N-dealkylation sites (N-methyl/N-ethyl adjacent to an activating group) is 1. The van der Waals surface area contributed by atoms with E-state index < -0.39 is 0 Å². The summed E-state index contributed by atoms with van der Waals surface area (Å²) >= 11 is 0. The summed E-state index contributed by atoms with van der Waals surface area (Å²) in [6.45, 7) is 6.06. The second-order valence-corrected chi connectivity index (χ2v) is 5.21. The summed E-state index contributed by atoms with van der Waals surface area (Å²) in [5.41, 5.74) is 0. The molecule has 0 N–H and O–H groups in total. The molecular formula is C13H23N3O2. The first kappa shape index (κ1) is 14.9. The van der Waals surface area contributed by atoms with Crippen LogP contribution in [0.25, 0.3) is 0 Å². The molecule has 0 aromatic carbocycles. The lowest BCUT2D eigenvalue weighted by Crippen LogP contribution is -2.48. The van der Waals surface area contributed by atoms with Crippen molar-refractivity contribution in [1.82, 2.24) is 9.80 Å². The van der Waals surface area contributed by atoms with Gasteiger partial charge in [-0.3, -0.25) is 9.69 Å². The van der Waals surface area contributed by atoms with E-state index in [1.807, 2.05) is 20.9 Å². The number of hydrogen-bond acceptors (Lipinski definition) is 4. The molecule has 5 nitrogen and oxygen atoms in total. The van der Waals surface area contributed by atoms with Gasteiger partial charge in [0.15, 0.2) is 0 Å². The molecule has 0 bridgehead atoms. The predicted octanol–water partition coefficient (Wildman–Crippen LogP) is 0.714. The van der Waals surface area contributed by atoms with Crippen molar-refractivity contribution in [3.8, 4) is 6.07 Å². The molecule has 1 unspecified atom stereocenters. The van der Waals surface area contributed by atoms with Crippen LogP contribution in [0.15, 0.2) is 0 Å². The quantitative estimate of drug-likeness (QED) is 0.699. The van der Waals surface area contributed by atoms with E-state index in [1.54, 1.807) is 11.9 Å². The maximum absolute atomic E-state index is 11.8. The summed E-state index contributed by atoms with van der Waals surface area (Å²) in [4.78, 5) is 15.6. The van der Waals surface area contributed by atoms with E-state index in [4.69, 9.17) is 10.00 Å². The van der Waals surface area contributed by atoms with Crippen molar-refractivity contribution < 1.29 is 9.53 Å². The molecule has 0 spiro atoms. The fraction of sp³-hybridized carbons (Fsp3) is 0.846. The van der Waals surface area contributed by atoms with Crippen LogP contribution in [0.1, 0.15) is 20.3 Å². The predicted molar refractivity (Wildman–Crippen MR) is 68.9 cm³/mol. The second kappa shape index (κ2) is 6.72. The largest absolute Gasteiger partial charge is 0.378 e. The van der Waals surface area contributed by atoms with Crippen molar-refractivity contribution in [2.75, 3.05) is 33.9 Å². The highest BCUT2D eigenvalue weighted by molar-refractivity contribution is 5.78. The number of carbonyl (C=O) groups is 1. The molecule has 1 heterocycles. The molecule has 1 aliphatic heterocycles. The van der Waals surface area contributed by atoms with E-state index in [0.717, 1.165) is 19.8 Å². The maximum atomic E-state index is 11.8. The van der Waals surface area contributed by atoms with Crippen LogP contribution in [0.3, 0.4) is 0 Å². The van der Waals surface area contributed by atoms with Crippen LogP contribution in [0, 0.1) is 17.2 Å². The van der Waals surface area contributed by atoms with Crippen molar-refractivity contribution in [2.24, 2.45) is 5.92 Å². The maximum Gasteiger partial charge on any atom is 0.225 e. The average Bonchev–Trinajstić information content (AvgIpc) is 2.25. The van der Waals surface area contributed by atoms with Crippen molar-refractivity contribution in [3.63, 3.8) is 0 Å². The van der Waals surface area contributed by atoms with Crippen molar-refractivity contribution in [1.29, 1.82) is 5.26 Å². The van der Waals surface area contributed by atoms with Gasteiger partial charge in [-0.25, -0.2) is 0 Å². The topological polar surface area (TPSA) is 56.6 Å². The summed E-state index contributed by atoms with van der Waals surface area (Å²) in [5, 5.41) is 9.16. The van der Waals surface area contributed by atoms with Crippen LogP contribution in [-0.2, 0) is 9.53 Å². The third kappa shape index (κ3) is 3.69. The zero-order valence-electron chi connectivity index (χ0n) is 11.7. The molecule has 5 heteroatoms. The zero-order chi connectivity index (χ0) is 13.7. The molecule has 1 atom stereocenters. The first-order valence-electron chi connectivity index (χ1n) is 6.41. The highest BCUT2D eigenvalue weighted by Crippen LogP contribution is 2.12. The fourth-order valence-electron chi connectivity index (χ4n) is 1.89. The molecular weight excluding hydrogens is 230 g/mol.